The van der Waals surface area contributed by atoms with Crippen LogP contribution >= 0.6 is 0 Å². The average Bonchev–Trinajstić information content (AvgIpc) is 2.53. The van der Waals surface area contributed by atoms with E-state index in [4.69, 9.17) is 5.73 Å². The number of nitrogens with two attached hydrogens (primary N) is 1. The fourth-order valence-electron chi connectivity index (χ4n) is 3.39. The summed E-state index contributed by atoms with van der Waals surface area (Å²) in [5, 5.41) is 0. The third kappa shape index (κ3) is 3.27. The lowest BCUT2D eigenvalue weighted by molar-refractivity contribution is 0.180. The summed E-state index contributed by atoms with van der Waals surface area (Å²) in [5.41, 5.74) is 11.2. The molecule has 2 heteroatoms. The highest BCUT2D eigenvalue weighted by atomic mass is 15.1. The summed E-state index contributed by atoms with van der Waals surface area (Å²) in [6.07, 6.45) is 3.55. The topological polar surface area (TPSA) is 29.3 Å². The molecule has 1 unspecified atom stereocenters. The van der Waals surface area contributed by atoms with E-state index < -0.39 is 0 Å². The van der Waals surface area contributed by atoms with Gasteiger partial charge in [-0.3, -0.25) is 4.90 Å². The highest BCUT2D eigenvalue weighted by Crippen LogP contribution is 2.27. The van der Waals surface area contributed by atoms with Crippen LogP contribution in [-0.4, -0.2) is 17.5 Å². The molecule has 110 valence electrons. The Morgan fingerprint density at radius 2 is 1.90 bits per heavy atom. The Morgan fingerprint density at radius 3 is 2.67 bits per heavy atom. The van der Waals surface area contributed by atoms with Crippen molar-refractivity contribution in [2.45, 2.75) is 38.8 Å². The second-order valence-corrected chi connectivity index (χ2v) is 5.97. The SMILES string of the molecule is CCN(Cc1ccccc1)C1CCc2ccc(N)cc2C1. The van der Waals surface area contributed by atoms with Crippen LogP contribution in [0.4, 0.5) is 5.69 Å². The molecule has 0 spiro atoms. The molecule has 0 heterocycles. The van der Waals surface area contributed by atoms with Gasteiger partial charge in [0.1, 0.15) is 0 Å². The number of nitrogen functional groups attached to an aromatic ring is 1. The van der Waals surface area contributed by atoms with Crippen molar-refractivity contribution in [2.75, 3.05) is 12.3 Å². The molecule has 0 bridgehead atoms. The number of nitrogens with zero attached hydrogens (tertiary/aromatic N) is 1. The van der Waals surface area contributed by atoms with Gasteiger partial charge in [-0.25, -0.2) is 0 Å². The molecule has 1 aliphatic carbocycles. The molecule has 0 fully saturated rings. The number of fused-ring (bicyclic) bond motifs is 1. The van der Waals surface area contributed by atoms with Crippen molar-refractivity contribution in [1.29, 1.82) is 0 Å². The van der Waals surface area contributed by atoms with Crippen LogP contribution in [0.2, 0.25) is 0 Å². The molecule has 0 saturated heterocycles. The maximum Gasteiger partial charge on any atom is 0.0316 e. The van der Waals surface area contributed by atoms with Crippen molar-refractivity contribution in [3.05, 3.63) is 65.2 Å². The number of aryl methyl sites for hydroxylation is 1. The third-order valence-corrected chi connectivity index (χ3v) is 4.58. The zero-order valence-corrected chi connectivity index (χ0v) is 12.8. The lowest BCUT2D eigenvalue weighted by Gasteiger charge is -2.34. The fraction of sp³-hybridized carbons (Fsp3) is 0.368. The molecule has 1 aliphatic rings. The monoisotopic (exact) mass is 280 g/mol. The minimum Gasteiger partial charge on any atom is -0.399 e. The first-order valence-corrected chi connectivity index (χ1v) is 7.91. The number of anilines is 1. The van der Waals surface area contributed by atoms with Crippen molar-refractivity contribution >= 4 is 5.69 Å². The molecule has 2 aromatic rings. The van der Waals surface area contributed by atoms with Crippen molar-refractivity contribution < 1.29 is 0 Å². The largest absolute Gasteiger partial charge is 0.399 e. The van der Waals surface area contributed by atoms with Gasteiger partial charge in [-0.15, -0.1) is 0 Å². The molecule has 1 atom stereocenters. The maximum absolute atomic E-state index is 5.95. The van der Waals surface area contributed by atoms with E-state index in [0.717, 1.165) is 25.2 Å². The number of likely N-dealkylation sites (N-methyl/N-ethyl adjacent to an activating group) is 1. The van der Waals surface area contributed by atoms with Gasteiger partial charge in [-0.1, -0.05) is 43.3 Å². The van der Waals surface area contributed by atoms with E-state index in [9.17, 15) is 0 Å². The molecular weight excluding hydrogens is 256 g/mol. The standard InChI is InChI=1S/C19H24N2/c1-2-21(14-15-6-4-3-5-7-15)19-11-9-16-8-10-18(20)12-17(16)13-19/h3-8,10,12,19H,2,9,11,13-14,20H2,1H3. The van der Waals surface area contributed by atoms with Crippen LogP contribution in [0.25, 0.3) is 0 Å². The third-order valence-electron chi connectivity index (χ3n) is 4.58. The molecule has 2 aromatic carbocycles. The average molecular weight is 280 g/mol. The van der Waals surface area contributed by atoms with Crippen molar-refractivity contribution in [3.8, 4) is 0 Å². The second kappa shape index (κ2) is 6.31. The summed E-state index contributed by atoms with van der Waals surface area (Å²) in [5.74, 6) is 0. The van der Waals surface area contributed by atoms with E-state index in [0.29, 0.717) is 6.04 Å². The molecule has 0 amide bonds. The maximum atomic E-state index is 5.95. The molecule has 21 heavy (non-hydrogen) atoms. The first kappa shape index (κ1) is 14.2. The summed E-state index contributed by atoms with van der Waals surface area (Å²) in [4.78, 5) is 2.60. The highest BCUT2D eigenvalue weighted by molar-refractivity contribution is 5.46. The minimum atomic E-state index is 0.629. The molecule has 3 rings (SSSR count). The molecule has 2 nitrogen and oxygen atoms in total. The quantitative estimate of drug-likeness (QED) is 0.866. The number of benzene rings is 2. The fourth-order valence-corrected chi connectivity index (χ4v) is 3.39. The van der Waals surface area contributed by atoms with Crippen LogP contribution in [0.3, 0.4) is 0 Å². The van der Waals surface area contributed by atoms with Crippen LogP contribution in [0, 0.1) is 0 Å². The molecule has 0 aliphatic heterocycles. The Labute approximate surface area is 127 Å². The zero-order valence-electron chi connectivity index (χ0n) is 12.8. The first-order valence-electron chi connectivity index (χ1n) is 7.91. The predicted octanol–water partition coefficient (Wildman–Crippen LogP) is 3.65. The van der Waals surface area contributed by atoms with E-state index >= 15 is 0 Å². The van der Waals surface area contributed by atoms with E-state index in [2.05, 4.69) is 54.3 Å². The van der Waals surface area contributed by atoms with Gasteiger partial charge in [-0.2, -0.15) is 0 Å². The van der Waals surface area contributed by atoms with Gasteiger partial charge in [0.25, 0.3) is 0 Å². The van der Waals surface area contributed by atoms with Gasteiger partial charge in [0, 0.05) is 18.3 Å². The number of hydrogen-bond donors (Lipinski definition) is 1. The lowest BCUT2D eigenvalue weighted by Crippen LogP contribution is -2.38. The zero-order chi connectivity index (χ0) is 14.7. The van der Waals surface area contributed by atoms with E-state index in [1.807, 2.05) is 6.07 Å². The Morgan fingerprint density at radius 1 is 1.10 bits per heavy atom. The van der Waals surface area contributed by atoms with Crippen LogP contribution in [0.5, 0.6) is 0 Å². The van der Waals surface area contributed by atoms with Crippen molar-refractivity contribution in [2.24, 2.45) is 0 Å². The van der Waals surface area contributed by atoms with E-state index in [-0.39, 0.29) is 0 Å². The summed E-state index contributed by atoms with van der Waals surface area (Å²) >= 11 is 0. The van der Waals surface area contributed by atoms with E-state index in [1.54, 1.807) is 0 Å². The molecule has 2 N–H and O–H groups in total. The predicted molar refractivity (Wildman–Crippen MR) is 89.2 cm³/mol. The first-order chi connectivity index (χ1) is 10.3. The van der Waals surface area contributed by atoms with E-state index in [1.165, 1.54) is 29.5 Å². The second-order valence-electron chi connectivity index (χ2n) is 5.97. The smallest absolute Gasteiger partial charge is 0.0316 e. The van der Waals surface area contributed by atoms with Crippen LogP contribution in [0.1, 0.15) is 30.0 Å². The Balaban J connectivity index is 1.74. The summed E-state index contributed by atoms with van der Waals surface area (Å²) in [7, 11) is 0. The summed E-state index contributed by atoms with van der Waals surface area (Å²) < 4.78 is 0. The van der Waals surface area contributed by atoms with Gasteiger partial charge >= 0.3 is 0 Å². The molecular formula is C19H24N2. The Bertz CT molecular complexity index is 592. The van der Waals surface area contributed by atoms with Crippen LogP contribution in [0.15, 0.2) is 48.5 Å². The van der Waals surface area contributed by atoms with Crippen molar-refractivity contribution in [3.63, 3.8) is 0 Å². The van der Waals surface area contributed by atoms with Gasteiger partial charge in [-0.05, 0) is 54.6 Å². The van der Waals surface area contributed by atoms with Gasteiger partial charge in [0.2, 0.25) is 0 Å². The number of hydrogen-bond acceptors (Lipinski definition) is 2. The molecule has 0 saturated carbocycles. The normalized spacial score (nSPS) is 17.7. The summed E-state index contributed by atoms with van der Waals surface area (Å²) in [6.45, 7) is 4.40. The summed E-state index contributed by atoms with van der Waals surface area (Å²) in [6, 6.07) is 17.8. The lowest BCUT2D eigenvalue weighted by atomic mass is 9.87. The Kier molecular flexibility index (Phi) is 4.26. The molecule has 0 radical (unpaired) electrons. The van der Waals surface area contributed by atoms with Crippen LogP contribution < -0.4 is 5.73 Å². The van der Waals surface area contributed by atoms with Crippen molar-refractivity contribution in [1.82, 2.24) is 4.90 Å². The highest BCUT2D eigenvalue weighted by Gasteiger charge is 2.23. The molecule has 0 aromatic heterocycles. The van der Waals surface area contributed by atoms with Gasteiger partial charge in [0.05, 0.1) is 0 Å². The van der Waals surface area contributed by atoms with Gasteiger partial charge in [0.15, 0.2) is 0 Å². The van der Waals surface area contributed by atoms with Gasteiger partial charge < -0.3 is 5.73 Å². The minimum absolute atomic E-state index is 0.629. The number of rotatable bonds is 4. The van der Waals surface area contributed by atoms with Crippen LogP contribution in [-0.2, 0) is 19.4 Å². The Hall–Kier alpha value is -1.80.